The largest absolute Gasteiger partial charge is 0.469 e. The van der Waals surface area contributed by atoms with Crippen LogP contribution in [-0.4, -0.2) is 30.5 Å². The van der Waals surface area contributed by atoms with E-state index in [1.807, 2.05) is 13.0 Å². The van der Waals surface area contributed by atoms with E-state index in [1.54, 1.807) is 6.26 Å². The lowest BCUT2D eigenvalue weighted by molar-refractivity contribution is -0.159. The SMILES string of the molecule is Cc1occc1C(O)C1CCOC2(CCOCC2)C1. The summed E-state index contributed by atoms with van der Waals surface area (Å²) in [6, 6.07) is 1.88. The average molecular weight is 266 g/mol. The number of rotatable bonds is 2. The van der Waals surface area contributed by atoms with E-state index in [0.717, 1.165) is 56.8 Å². The summed E-state index contributed by atoms with van der Waals surface area (Å²) in [5.41, 5.74) is 0.855. The first-order valence-electron chi connectivity index (χ1n) is 7.14. The molecule has 19 heavy (non-hydrogen) atoms. The molecule has 0 aliphatic carbocycles. The van der Waals surface area contributed by atoms with Gasteiger partial charge in [0.05, 0.1) is 18.0 Å². The molecule has 1 spiro atoms. The van der Waals surface area contributed by atoms with E-state index in [-0.39, 0.29) is 11.5 Å². The Morgan fingerprint density at radius 1 is 1.32 bits per heavy atom. The topological polar surface area (TPSA) is 51.8 Å². The highest BCUT2D eigenvalue weighted by Crippen LogP contribution is 2.42. The molecule has 1 aromatic heterocycles. The standard InChI is InChI=1S/C15H22O4/c1-11-13(3-6-18-11)14(16)12-2-7-19-15(10-12)4-8-17-9-5-15/h3,6,12,14,16H,2,4-5,7-10H2,1H3. The number of furan rings is 1. The van der Waals surface area contributed by atoms with Gasteiger partial charge in [0.1, 0.15) is 5.76 Å². The maximum atomic E-state index is 10.6. The van der Waals surface area contributed by atoms with E-state index >= 15 is 0 Å². The Kier molecular flexibility index (Phi) is 3.65. The maximum Gasteiger partial charge on any atom is 0.106 e. The number of hydrogen-bond donors (Lipinski definition) is 1. The minimum atomic E-state index is -0.442. The molecular weight excluding hydrogens is 244 g/mol. The Morgan fingerprint density at radius 3 is 2.79 bits per heavy atom. The predicted octanol–water partition coefficient (Wildman–Crippen LogP) is 2.60. The molecule has 4 nitrogen and oxygen atoms in total. The van der Waals surface area contributed by atoms with Crippen LogP contribution in [0.1, 0.15) is 43.1 Å². The van der Waals surface area contributed by atoms with Crippen LogP contribution in [0.4, 0.5) is 0 Å². The third kappa shape index (κ3) is 2.57. The summed E-state index contributed by atoms with van der Waals surface area (Å²) >= 11 is 0. The minimum absolute atomic E-state index is 0.0697. The molecule has 0 saturated carbocycles. The van der Waals surface area contributed by atoms with Gasteiger partial charge in [0, 0.05) is 25.4 Å². The van der Waals surface area contributed by atoms with Crippen LogP contribution in [0, 0.1) is 12.8 Å². The third-order valence-corrected chi connectivity index (χ3v) is 4.60. The summed E-state index contributed by atoms with van der Waals surface area (Å²) in [7, 11) is 0. The Bertz CT molecular complexity index is 414. The highest BCUT2D eigenvalue weighted by atomic mass is 16.5. The molecule has 2 unspecified atom stereocenters. The van der Waals surface area contributed by atoms with Crippen LogP contribution >= 0.6 is 0 Å². The zero-order valence-corrected chi connectivity index (χ0v) is 11.4. The summed E-state index contributed by atoms with van der Waals surface area (Å²) < 4.78 is 16.7. The Morgan fingerprint density at radius 2 is 2.11 bits per heavy atom. The number of hydrogen-bond acceptors (Lipinski definition) is 4. The fourth-order valence-electron chi connectivity index (χ4n) is 3.38. The summed E-state index contributed by atoms with van der Waals surface area (Å²) in [5.74, 6) is 1.07. The van der Waals surface area contributed by atoms with Crippen LogP contribution in [0.15, 0.2) is 16.7 Å². The van der Waals surface area contributed by atoms with Crippen molar-refractivity contribution in [1.29, 1.82) is 0 Å². The van der Waals surface area contributed by atoms with Crippen molar-refractivity contribution in [3.05, 3.63) is 23.7 Å². The number of ether oxygens (including phenoxy) is 2. The Balaban J connectivity index is 1.72. The van der Waals surface area contributed by atoms with E-state index in [9.17, 15) is 5.11 Å². The van der Waals surface area contributed by atoms with Gasteiger partial charge in [-0.3, -0.25) is 0 Å². The van der Waals surface area contributed by atoms with Gasteiger partial charge in [-0.25, -0.2) is 0 Å². The summed E-state index contributed by atoms with van der Waals surface area (Å²) in [6.07, 6.45) is 4.93. The molecule has 0 radical (unpaired) electrons. The van der Waals surface area contributed by atoms with Crippen LogP contribution in [0.25, 0.3) is 0 Å². The molecule has 0 amide bonds. The maximum absolute atomic E-state index is 10.6. The number of aliphatic hydroxyl groups excluding tert-OH is 1. The molecule has 106 valence electrons. The lowest BCUT2D eigenvalue weighted by Gasteiger charge is -2.44. The van der Waals surface area contributed by atoms with Crippen molar-refractivity contribution >= 4 is 0 Å². The van der Waals surface area contributed by atoms with Crippen molar-refractivity contribution in [2.24, 2.45) is 5.92 Å². The van der Waals surface area contributed by atoms with Gasteiger partial charge in [-0.05, 0) is 44.6 Å². The van der Waals surface area contributed by atoms with Crippen molar-refractivity contribution in [2.75, 3.05) is 19.8 Å². The van der Waals surface area contributed by atoms with Crippen LogP contribution in [0.3, 0.4) is 0 Å². The van der Waals surface area contributed by atoms with Gasteiger partial charge in [-0.15, -0.1) is 0 Å². The fourth-order valence-corrected chi connectivity index (χ4v) is 3.38. The first-order chi connectivity index (χ1) is 9.20. The lowest BCUT2D eigenvalue weighted by atomic mass is 9.77. The molecule has 3 rings (SSSR count). The molecule has 2 atom stereocenters. The fraction of sp³-hybridized carbons (Fsp3) is 0.733. The monoisotopic (exact) mass is 266 g/mol. The second kappa shape index (κ2) is 5.27. The molecule has 2 saturated heterocycles. The van der Waals surface area contributed by atoms with Crippen molar-refractivity contribution < 1.29 is 19.0 Å². The van der Waals surface area contributed by atoms with E-state index in [4.69, 9.17) is 13.9 Å². The van der Waals surface area contributed by atoms with Gasteiger partial charge in [-0.1, -0.05) is 0 Å². The zero-order chi connectivity index (χ0) is 13.3. The van der Waals surface area contributed by atoms with Crippen molar-refractivity contribution in [2.45, 2.75) is 44.3 Å². The smallest absolute Gasteiger partial charge is 0.106 e. The molecule has 1 aromatic rings. The van der Waals surface area contributed by atoms with Gasteiger partial charge >= 0.3 is 0 Å². The molecule has 2 aliphatic rings. The second-order valence-electron chi connectivity index (χ2n) is 5.77. The van der Waals surface area contributed by atoms with Gasteiger partial charge in [0.2, 0.25) is 0 Å². The second-order valence-corrected chi connectivity index (χ2v) is 5.77. The Labute approximate surface area is 113 Å². The highest BCUT2D eigenvalue weighted by molar-refractivity contribution is 5.19. The molecule has 0 aromatic carbocycles. The lowest BCUT2D eigenvalue weighted by Crippen LogP contribution is -2.45. The first kappa shape index (κ1) is 13.2. The molecule has 3 heterocycles. The first-order valence-corrected chi connectivity index (χ1v) is 7.14. The van der Waals surface area contributed by atoms with Gasteiger partial charge in [0.15, 0.2) is 0 Å². The normalized spacial score (nSPS) is 28.4. The zero-order valence-electron chi connectivity index (χ0n) is 11.4. The number of aliphatic hydroxyl groups is 1. The summed E-state index contributed by atoms with van der Waals surface area (Å²) in [4.78, 5) is 0. The van der Waals surface area contributed by atoms with Gasteiger partial charge < -0.3 is 19.0 Å². The molecule has 4 heteroatoms. The van der Waals surface area contributed by atoms with E-state index in [1.165, 1.54) is 0 Å². The predicted molar refractivity (Wildman–Crippen MR) is 69.9 cm³/mol. The van der Waals surface area contributed by atoms with E-state index in [0.29, 0.717) is 0 Å². The molecule has 1 N–H and O–H groups in total. The summed E-state index contributed by atoms with van der Waals surface area (Å²) in [5, 5.41) is 10.6. The minimum Gasteiger partial charge on any atom is -0.469 e. The molecule has 2 aliphatic heterocycles. The van der Waals surface area contributed by atoms with Crippen molar-refractivity contribution in [3.8, 4) is 0 Å². The third-order valence-electron chi connectivity index (χ3n) is 4.60. The van der Waals surface area contributed by atoms with Crippen LogP contribution in [-0.2, 0) is 9.47 Å². The quantitative estimate of drug-likeness (QED) is 0.894. The molecule has 2 fully saturated rings. The van der Waals surface area contributed by atoms with E-state index < -0.39 is 6.10 Å². The van der Waals surface area contributed by atoms with Crippen molar-refractivity contribution in [1.82, 2.24) is 0 Å². The van der Waals surface area contributed by atoms with Crippen LogP contribution in [0.5, 0.6) is 0 Å². The van der Waals surface area contributed by atoms with Gasteiger partial charge in [0.25, 0.3) is 0 Å². The van der Waals surface area contributed by atoms with Crippen molar-refractivity contribution in [3.63, 3.8) is 0 Å². The van der Waals surface area contributed by atoms with Crippen LogP contribution < -0.4 is 0 Å². The number of aryl methyl sites for hydroxylation is 1. The molecule has 0 bridgehead atoms. The highest BCUT2D eigenvalue weighted by Gasteiger charge is 2.41. The van der Waals surface area contributed by atoms with Crippen LogP contribution in [0.2, 0.25) is 0 Å². The summed E-state index contributed by atoms with van der Waals surface area (Å²) in [6.45, 7) is 4.18. The Hall–Kier alpha value is -0.840. The average Bonchev–Trinajstić information content (AvgIpc) is 2.85. The van der Waals surface area contributed by atoms with Gasteiger partial charge in [-0.2, -0.15) is 0 Å². The van der Waals surface area contributed by atoms with E-state index in [2.05, 4.69) is 0 Å². The molecular formula is C15H22O4.